The van der Waals surface area contributed by atoms with E-state index in [1.165, 1.54) is 6.21 Å². The molecule has 1 aliphatic rings. The number of allylic oxidation sites excluding steroid dienone is 2. The SMILES string of the molecule is C#CCCN1C=CC=CC1/C=N\O. The molecule has 1 rings (SSSR count). The Balaban J connectivity index is 2.55. The summed E-state index contributed by atoms with van der Waals surface area (Å²) in [6, 6.07) is 0.0170. The van der Waals surface area contributed by atoms with Crippen LogP contribution in [0.5, 0.6) is 0 Å². The molecule has 0 radical (unpaired) electrons. The molecule has 13 heavy (non-hydrogen) atoms. The zero-order valence-electron chi connectivity index (χ0n) is 7.30. The predicted molar refractivity (Wildman–Crippen MR) is 52.5 cm³/mol. The summed E-state index contributed by atoms with van der Waals surface area (Å²) in [7, 11) is 0. The average Bonchev–Trinajstić information content (AvgIpc) is 2.17. The van der Waals surface area contributed by atoms with E-state index >= 15 is 0 Å². The van der Waals surface area contributed by atoms with E-state index in [4.69, 9.17) is 11.6 Å². The van der Waals surface area contributed by atoms with E-state index < -0.39 is 0 Å². The van der Waals surface area contributed by atoms with Crippen LogP contribution in [-0.2, 0) is 0 Å². The lowest BCUT2D eigenvalue weighted by atomic mass is 10.2. The van der Waals surface area contributed by atoms with Crippen LogP contribution in [0.4, 0.5) is 0 Å². The van der Waals surface area contributed by atoms with Crippen molar-refractivity contribution in [2.75, 3.05) is 6.54 Å². The zero-order valence-corrected chi connectivity index (χ0v) is 7.30. The van der Waals surface area contributed by atoms with Crippen molar-refractivity contribution < 1.29 is 5.21 Å². The molecule has 0 aliphatic carbocycles. The first kappa shape index (κ1) is 9.40. The van der Waals surface area contributed by atoms with E-state index in [9.17, 15) is 0 Å². The van der Waals surface area contributed by atoms with Crippen LogP contribution in [-0.4, -0.2) is 28.9 Å². The number of nitrogens with zero attached hydrogens (tertiary/aromatic N) is 2. The average molecular weight is 176 g/mol. The van der Waals surface area contributed by atoms with Gasteiger partial charge in [0.25, 0.3) is 0 Å². The van der Waals surface area contributed by atoms with Crippen LogP contribution in [0.2, 0.25) is 0 Å². The Bertz CT molecular complexity index is 273. The molecule has 0 aromatic heterocycles. The molecule has 0 aromatic carbocycles. The lowest BCUT2D eigenvalue weighted by molar-refractivity contribution is 0.311. The Labute approximate surface area is 78.0 Å². The van der Waals surface area contributed by atoms with Crippen molar-refractivity contribution in [3.63, 3.8) is 0 Å². The molecule has 1 unspecified atom stereocenters. The van der Waals surface area contributed by atoms with E-state index in [1.54, 1.807) is 0 Å². The maximum absolute atomic E-state index is 8.41. The molecule has 1 atom stereocenters. The third-order valence-corrected chi connectivity index (χ3v) is 1.81. The summed E-state index contributed by atoms with van der Waals surface area (Å²) in [6.45, 7) is 0.772. The molecule has 0 aromatic rings. The molecule has 0 amide bonds. The molecule has 0 saturated carbocycles. The standard InChI is InChI=1S/C10H12N2O/c1-2-3-7-12-8-5-4-6-10(12)9-11-13/h1,4-6,8-10,13H,3,7H2/b11-9-. The minimum Gasteiger partial charge on any atom is -0.411 e. The molecular formula is C10H12N2O. The second-order valence-electron chi connectivity index (χ2n) is 2.67. The topological polar surface area (TPSA) is 35.8 Å². The molecular weight excluding hydrogens is 164 g/mol. The summed E-state index contributed by atoms with van der Waals surface area (Å²) in [5.74, 6) is 2.57. The molecule has 0 bridgehead atoms. The second-order valence-corrected chi connectivity index (χ2v) is 2.67. The molecule has 0 spiro atoms. The van der Waals surface area contributed by atoms with Crippen LogP contribution in [0.1, 0.15) is 6.42 Å². The van der Waals surface area contributed by atoms with Crippen LogP contribution in [0.25, 0.3) is 0 Å². The van der Waals surface area contributed by atoms with Gasteiger partial charge in [-0.25, -0.2) is 0 Å². The Morgan fingerprint density at radius 2 is 2.46 bits per heavy atom. The van der Waals surface area contributed by atoms with Gasteiger partial charge in [0, 0.05) is 13.0 Å². The number of terminal acetylenes is 1. The van der Waals surface area contributed by atoms with Crippen molar-refractivity contribution in [2.24, 2.45) is 5.16 Å². The van der Waals surface area contributed by atoms with Crippen LogP contribution >= 0.6 is 0 Å². The Kier molecular flexibility index (Phi) is 3.65. The highest BCUT2D eigenvalue weighted by atomic mass is 16.4. The minimum absolute atomic E-state index is 0.0170. The highest BCUT2D eigenvalue weighted by Crippen LogP contribution is 2.06. The van der Waals surface area contributed by atoms with Gasteiger partial charge in [-0.3, -0.25) is 0 Å². The molecule has 0 fully saturated rings. The molecule has 1 aliphatic heterocycles. The van der Waals surface area contributed by atoms with Gasteiger partial charge < -0.3 is 10.1 Å². The van der Waals surface area contributed by atoms with Crippen molar-refractivity contribution in [3.8, 4) is 12.3 Å². The number of hydrogen-bond donors (Lipinski definition) is 1. The van der Waals surface area contributed by atoms with Crippen LogP contribution in [0, 0.1) is 12.3 Å². The third-order valence-electron chi connectivity index (χ3n) is 1.81. The highest BCUT2D eigenvalue weighted by Gasteiger charge is 2.10. The van der Waals surface area contributed by atoms with Gasteiger partial charge in [-0.15, -0.1) is 12.3 Å². The van der Waals surface area contributed by atoms with E-state index in [0.717, 1.165) is 6.54 Å². The summed E-state index contributed by atoms with van der Waals surface area (Å²) < 4.78 is 0. The monoisotopic (exact) mass is 176 g/mol. The third kappa shape index (κ3) is 2.68. The van der Waals surface area contributed by atoms with Crippen LogP contribution in [0.3, 0.4) is 0 Å². The first-order valence-corrected chi connectivity index (χ1v) is 4.10. The molecule has 3 nitrogen and oxygen atoms in total. The number of hydrogen-bond acceptors (Lipinski definition) is 3. The van der Waals surface area contributed by atoms with Crippen LogP contribution < -0.4 is 0 Å². The first-order chi connectivity index (χ1) is 6.38. The Morgan fingerprint density at radius 3 is 3.15 bits per heavy atom. The van der Waals surface area contributed by atoms with E-state index in [0.29, 0.717) is 6.42 Å². The van der Waals surface area contributed by atoms with Gasteiger partial charge in [-0.1, -0.05) is 17.3 Å². The Morgan fingerprint density at radius 1 is 1.62 bits per heavy atom. The smallest absolute Gasteiger partial charge is 0.0859 e. The van der Waals surface area contributed by atoms with E-state index in [2.05, 4.69) is 11.1 Å². The normalized spacial score (nSPS) is 20.8. The number of oxime groups is 1. The van der Waals surface area contributed by atoms with Crippen molar-refractivity contribution >= 4 is 6.21 Å². The lowest BCUT2D eigenvalue weighted by Crippen LogP contribution is -2.32. The minimum atomic E-state index is 0.0170. The summed E-state index contributed by atoms with van der Waals surface area (Å²) in [5.41, 5.74) is 0. The van der Waals surface area contributed by atoms with E-state index in [1.807, 2.05) is 29.3 Å². The van der Waals surface area contributed by atoms with Crippen molar-refractivity contribution in [2.45, 2.75) is 12.5 Å². The van der Waals surface area contributed by atoms with Gasteiger partial charge in [0.2, 0.25) is 0 Å². The maximum Gasteiger partial charge on any atom is 0.0859 e. The van der Waals surface area contributed by atoms with E-state index in [-0.39, 0.29) is 6.04 Å². The molecule has 1 N–H and O–H groups in total. The molecule has 68 valence electrons. The lowest BCUT2D eigenvalue weighted by Gasteiger charge is -2.26. The van der Waals surface area contributed by atoms with Gasteiger partial charge in [-0.05, 0) is 12.3 Å². The zero-order chi connectivity index (χ0) is 9.52. The summed E-state index contributed by atoms with van der Waals surface area (Å²) >= 11 is 0. The van der Waals surface area contributed by atoms with Gasteiger partial charge in [0.15, 0.2) is 0 Å². The molecule has 0 saturated heterocycles. The summed E-state index contributed by atoms with van der Waals surface area (Å²) in [5, 5.41) is 11.4. The fourth-order valence-electron chi connectivity index (χ4n) is 1.17. The van der Waals surface area contributed by atoms with Crippen molar-refractivity contribution in [1.82, 2.24) is 4.90 Å². The summed E-state index contributed by atoms with van der Waals surface area (Å²) in [6.07, 6.45) is 15.0. The van der Waals surface area contributed by atoms with Gasteiger partial charge >= 0.3 is 0 Å². The highest BCUT2D eigenvalue weighted by molar-refractivity contribution is 5.67. The Hall–Kier alpha value is -1.69. The first-order valence-electron chi connectivity index (χ1n) is 4.10. The number of rotatable bonds is 3. The summed E-state index contributed by atoms with van der Waals surface area (Å²) in [4.78, 5) is 2.01. The van der Waals surface area contributed by atoms with Crippen molar-refractivity contribution in [3.05, 3.63) is 24.4 Å². The van der Waals surface area contributed by atoms with Crippen molar-refractivity contribution in [1.29, 1.82) is 0 Å². The largest absolute Gasteiger partial charge is 0.411 e. The van der Waals surface area contributed by atoms with Crippen LogP contribution in [0.15, 0.2) is 29.6 Å². The van der Waals surface area contributed by atoms with Gasteiger partial charge in [-0.2, -0.15) is 0 Å². The van der Waals surface area contributed by atoms with Gasteiger partial charge in [0.1, 0.15) is 0 Å². The molecule has 1 heterocycles. The quantitative estimate of drug-likeness (QED) is 0.304. The fraction of sp³-hybridized carbons (Fsp3) is 0.300. The predicted octanol–water partition coefficient (Wildman–Crippen LogP) is 1.22. The second kappa shape index (κ2) is 5.04. The maximum atomic E-state index is 8.41. The fourth-order valence-corrected chi connectivity index (χ4v) is 1.17. The van der Waals surface area contributed by atoms with Gasteiger partial charge in [0.05, 0.1) is 12.3 Å². The molecule has 3 heteroatoms.